The van der Waals surface area contributed by atoms with Crippen molar-refractivity contribution in [3.63, 3.8) is 0 Å². The summed E-state index contributed by atoms with van der Waals surface area (Å²) in [6.45, 7) is 1.95. The van der Waals surface area contributed by atoms with Crippen molar-refractivity contribution in [3.05, 3.63) is 83.4 Å². The minimum atomic E-state index is -1.26. The van der Waals surface area contributed by atoms with Gasteiger partial charge < -0.3 is 14.2 Å². The lowest BCUT2D eigenvalue weighted by atomic mass is 9.71. The van der Waals surface area contributed by atoms with Crippen LogP contribution in [0.5, 0.6) is 11.5 Å². The number of rotatable bonds is 10. The predicted octanol–water partition coefficient (Wildman–Crippen LogP) is 5.03. The van der Waals surface area contributed by atoms with E-state index in [0.717, 1.165) is 22.8 Å². The maximum Gasteiger partial charge on any atom is 0.317 e. The third kappa shape index (κ3) is 5.17. The number of aromatic nitrogens is 2. The van der Waals surface area contributed by atoms with Crippen molar-refractivity contribution in [2.24, 2.45) is 0 Å². The van der Waals surface area contributed by atoms with E-state index in [2.05, 4.69) is 8.75 Å². The van der Waals surface area contributed by atoms with Crippen LogP contribution in [-0.4, -0.2) is 41.3 Å². The standard InChI is InChI=1S/C27H26N2O5S/c1-4-34-26(31)27(16-18-5-10-21(32-2)11-6-18,20-9-14-23-24(15-20)29-35-28-23)17-25(30)19-7-12-22(33-3)13-8-19/h5-15H,4,16-17H2,1-3H3. The van der Waals surface area contributed by atoms with Gasteiger partial charge in [-0.1, -0.05) is 18.2 Å². The van der Waals surface area contributed by atoms with Crippen molar-refractivity contribution in [2.75, 3.05) is 20.8 Å². The summed E-state index contributed by atoms with van der Waals surface area (Å²) < 4.78 is 24.7. The van der Waals surface area contributed by atoms with Gasteiger partial charge in [0.1, 0.15) is 27.9 Å². The van der Waals surface area contributed by atoms with E-state index in [1.165, 1.54) is 0 Å². The van der Waals surface area contributed by atoms with Gasteiger partial charge in [0.05, 0.1) is 32.6 Å². The number of hydrogen-bond acceptors (Lipinski definition) is 8. The Kier molecular flexibility index (Phi) is 7.41. The smallest absolute Gasteiger partial charge is 0.317 e. The Hall–Kier alpha value is -3.78. The first-order chi connectivity index (χ1) is 17.0. The fraction of sp³-hybridized carbons (Fsp3) is 0.259. The summed E-state index contributed by atoms with van der Waals surface area (Å²) in [5, 5.41) is 0. The number of carbonyl (C=O) groups excluding carboxylic acids is 2. The van der Waals surface area contributed by atoms with E-state index in [1.54, 1.807) is 45.4 Å². The summed E-state index contributed by atoms with van der Waals surface area (Å²) in [5.41, 5.74) is 2.17. The van der Waals surface area contributed by atoms with E-state index in [0.29, 0.717) is 28.1 Å². The van der Waals surface area contributed by atoms with Crippen molar-refractivity contribution in [1.82, 2.24) is 8.75 Å². The summed E-state index contributed by atoms with van der Waals surface area (Å²) in [4.78, 5) is 27.2. The van der Waals surface area contributed by atoms with Crippen molar-refractivity contribution in [2.45, 2.75) is 25.2 Å². The highest BCUT2D eigenvalue weighted by Crippen LogP contribution is 2.37. The second-order valence-electron chi connectivity index (χ2n) is 8.12. The quantitative estimate of drug-likeness (QED) is 0.228. The average Bonchev–Trinajstić information content (AvgIpc) is 3.37. The molecule has 0 aliphatic rings. The van der Waals surface area contributed by atoms with E-state index >= 15 is 0 Å². The predicted molar refractivity (Wildman–Crippen MR) is 134 cm³/mol. The number of benzene rings is 3. The van der Waals surface area contributed by atoms with E-state index < -0.39 is 11.4 Å². The van der Waals surface area contributed by atoms with Gasteiger partial charge in [-0.3, -0.25) is 9.59 Å². The molecule has 1 aromatic heterocycles. The highest BCUT2D eigenvalue weighted by Gasteiger charge is 2.44. The van der Waals surface area contributed by atoms with Crippen LogP contribution in [0.4, 0.5) is 0 Å². The molecular weight excluding hydrogens is 464 g/mol. The summed E-state index contributed by atoms with van der Waals surface area (Å²) in [7, 11) is 3.17. The topological polar surface area (TPSA) is 87.6 Å². The minimum Gasteiger partial charge on any atom is -0.497 e. The highest BCUT2D eigenvalue weighted by molar-refractivity contribution is 7.00. The molecule has 1 atom stereocenters. The lowest BCUT2D eigenvalue weighted by molar-refractivity contribution is -0.150. The Bertz CT molecular complexity index is 1320. The molecule has 0 saturated heterocycles. The van der Waals surface area contributed by atoms with Gasteiger partial charge >= 0.3 is 5.97 Å². The largest absolute Gasteiger partial charge is 0.497 e. The zero-order valence-corrected chi connectivity index (χ0v) is 20.6. The average molecular weight is 491 g/mol. The Labute approximate surface area is 208 Å². The van der Waals surface area contributed by atoms with Crippen LogP contribution in [0.25, 0.3) is 11.0 Å². The number of methoxy groups -OCH3 is 2. The first-order valence-electron chi connectivity index (χ1n) is 11.2. The first-order valence-corrected chi connectivity index (χ1v) is 11.9. The number of nitrogens with zero attached hydrogens (tertiary/aromatic N) is 2. The molecule has 1 unspecified atom stereocenters. The van der Waals surface area contributed by atoms with Gasteiger partial charge in [-0.2, -0.15) is 8.75 Å². The molecule has 0 fully saturated rings. The summed E-state index contributed by atoms with van der Waals surface area (Å²) in [6.07, 6.45) is 0.189. The maximum absolute atomic E-state index is 13.7. The van der Waals surface area contributed by atoms with Crippen LogP contribution < -0.4 is 9.47 Å². The van der Waals surface area contributed by atoms with E-state index in [1.807, 2.05) is 42.5 Å². The van der Waals surface area contributed by atoms with Crippen LogP contribution in [0.3, 0.4) is 0 Å². The third-order valence-corrected chi connectivity index (χ3v) is 6.57. The number of Topliss-reactive ketones (excluding diaryl/α,β-unsaturated/α-hetero) is 1. The highest BCUT2D eigenvalue weighted by atomic mass is 32.1. The third-order valence-electron chi connectivity index (χ3n) is 6.01. The maximum atomic E-state index is 13.7. The minimum absolute atomic E-state index is 0.0761. The molecule has 0 bridgehead atoms. The van der Waals surface area contributed by atoms with Crippen LogP contribution in [0.15, 0.2) is 66.7 Å². The SMILES string of the molecule is CCOC(=O)C(CC(=O)c1ccc(OC)cc1)(Cc1ccc(OC)cc1)c1ccc2nsnc2c1. The lowest BCUT2D eigenvalue weighted by Crippen LogP contribution is -2.42. The van der Waals surface area contributed by atoms with Crippen molar-refractivity contribution < 1.29 is 23.8 Å². The van der Waals surface area contributed by atoms with Crippen molar-refractivity contribution >= 4 is 34.5 Å². The molecule has 8 heteroatoms. The van der Waals surface area contributed by atoms with Gasteiger partial charge in [-0.05, 0) is 73.0 Å². The van der Waals surface area contributed by atoms with Gasteiger partial charge in [-0.15, -0.1) is 0 Å². The first kappa shape index (κ1) is 24.3. The summed E-state index contributed by atoms with van der Waals surface area (Å²) >= 11 is 1.10. The zero-order chi connectivity index (χ0) is 24.8. The summed E-state index contributed by atoms with van der Waals surface area (Å²) in [5.74, 6) is 0.726. The molecule has 1 heterocycles. The molecule has 180 valence electrons. The molecule has 0 aliphatic heterocycles. The number of hydrogen-bond donors (Lipinski definition) is 0. The second kappa shape index (κ2) is 10.7. The molecule has 4 rings (SSSR count). The molecule has 0 amide bonds. The van der Waals surface area contributed by atoms with E-state index in [4.69, 9.17) is 14.2 Å². The normalized spacial score (nSPS) is 12.7. The molecule has 0 aliphatic carbocycles. The van der Waals surface area contributed by atoms with Crippen LogP contribution in [-0.2, 0) is 21.4 Å². The van der Waals surface area contributed by atoms with Gasteiger partial charge in [0.15, 0.2) is 5.78 Å². The zero-order valence-electron chi connectivity index (χ0n) is 19.8. The molecule has 0 saturated carbocycles. The Morgan fingerprint density at radius 2 is 1.49 bits per heavy atom. The monoisotopic (exact) mass is 490 g/mol. The Morgan fingerprint density at radius 1 is 0.857 bits per heavy atom. The van der Waals surface area contributed by atoms with Crippen LogP contribution in [0, 0.1) is 0 Å². The molecule has 0 N–H and O–H groups in total. The van der Waals surface area contributed by atoms with Gasteiger partial charge in [0, 0.05) is 12.0 Å². The molecule has 3 aromatic carbocycles. The fourth-order valence-electron chi connectivity index (χ4n) is 4.12. The van der Waals surface area contributed by atoms with E-state index in [-0.39, 0.29) is 25.2 Å². The van der Waals surface area contributed by atoms with Crippen LogP contribution >= 0.6 is 11.7 Å². The van der Waals surface area contributed by atoms with Crippen LogP contribution in [0.2, 0.25) is 0 Å². The van der Waals surface area contributed by atoms with Gasteiger partial charge in [-0.25, -0.2) is 0 Å². The number of carbonyl (C=O) groups is 2. The molecular formula is C27H26N2O5S. The summed E-state index contributed by atoms with van der Waals surface area (Å²) in [6, 6.07) is 19.8. The molecule has 0 radical (unpaired) electrons. The van der Waals surface area contributed by atoms with Gasteiger partial charge in [0.2, 0.25) is 0 Å². The molecule has 35 heavy (non-hydrogen) atoms. The second-order valence-corrected chi connectivity index (χ2v) is 8.65. The van der Waals surface area contributed by atoms with Gasteiger partial charge in [0.25, 0.3) is 0 Å². The van der Waals surface area contributed by atoms with Crippen molar-refractivity contribution in [3.8, 4) is 11.5 Å². The Balaban J connectivity index is 1.82. The fourth-order valence-corrected chi connectivity index (χ4v) is 4.64. The Morgan fingerprint density at radius 3 is 2.11 bits per heavy atom. The van der Waals surface area contributed by atoms with E-state index in [9.17, 15) is 9.59 Å². The molecule has 4 aromatic rings. The molecule has 7 nitrogen and oxygen atoms in total. The molecule has 0 spiro atoms. The lowest BCUT2D eigenvalue weighted by Gasteiger charge is -2.32. The number of esters is 1. The number of ketones is 1. The van der Waals surface area contributed by atoms with Crippen LogP contribution in [0.1, 0.15) is 34.8 Å². The number of ether oxygens (including phenoxy) is 3. The number of fused-ring (bicyclic) bond motifs is 1. The van der Waals surface area contributed by atoms with Crippen molar-refractivity contribution in [1.29, 1.82) is 0 Å².